The number of carboxylic acid groups (broad SMARTS) is 1. The lowest BCUT2D eigenvalue weighted by molar-refractivity contribution is 0.199. The molecule has 3 heterocycles. The number of aliphatic imine (C=N–C) groups is 1. The fourth-order valence-electron chi connectivity index (χ4n) is 5.35. The first-order chi connectivity index (χ1) is 18.1. The van der Waals surface area contributed by atoms with Crippen molar-refractivity contribution in [2.45, 2.75) is 42.9 Å². The van der Waals surface area contributed by atoms with Gasteiger partial charge in [-0.2, -0.15) is 0 Å². The average molecular weight is 543 g/mol. The van der Waals surface area contributed by atoms with Gasteiger partial charge in [-0.15, -0.1) is 0 Å². The van der Waals surface area contributed by atoms with Gasteiger partial charge in [-0.25, -0.2) is 27.7 Å². The summed E-state index contributed by atoms with van der Waals surface area (Å²) in [4.78, 5) is 24.8. The van der Waals surface area contributed by atoms with Gasteiger partial charge in [-0.3, -0.25) is 10.3 Å². The van der Waals surface area contributed by atoms with Crippen molar-refractivity contribution in [3.63, 3.8) is 0 Å². The van der Waals surface area contributed by atoms with Crippen molar-refractivity contribution in [1.29, 1.82) is 0 Å². The number of amidine groups is 1. The van der Waals surface area contributed by atoms with E-state index in [-0.39, 0.29) is 17.2 Å². The van der Waals surface area contributed by atoms with Crippen LogP contribution in [0, 0.1) is 5.82 Å². The summed E-state index contributed by atoms with van der Waals surface area (Å²) in [6.07, 6.45) is 4.18. The quantitative estimate of drug-likeness (QED) is 0.496. The zero-order valence-electron chi connectivity index (χ0n) is 21.1. The topological polar surface area (TPSA) is 152 Å². The molecule has 13 heteroatoms. The second-order valence-electron chi connectivity index (χ2n) is 9.55. The number of hydrogen-bond acceptors (Lipinski definition) is 9. The lowest BCUT2D eigenvalue weighted by Crippen LogP contribution is -2.59. The lowest BCUT2D eigenvalue weighted by atomic mass is 9.91. The Labute approximate surface area is 218 Å². The van der Waals surface area contributed by atoms with Crippen molar-refractivity contribution in [1.82, 2.24) is 20.4 Å². The molecular weight excluding hydrogens is 515 g/mol. The molecule has 2 N–H and O–H groups in total. The summed E-state index contributed by atoms with van der Waals surface area (Å²) >= 11 is 0. The number of hydrogen-bond donors (Lipinski definition) is 2. The van der Waals surface area contributed by atoms with Gasteiger partial charge in [0.2, 0.25) is 5.88 Å². The number of amides is 1. The van der Waals surface area contributed by atoms with Crippen LogP contribution in [0.3, 0.4) is 0 Å². The number of methoxy groups -OCH3 is 1. The minimum atomic E-state index is -3.01. The molecule has 1 spiro atoms. The Morgan fingerprint density at radius 1 is 1.21 bits per heavy atom. The number of aromatic nitrogens is 3. The fourth-order valence-corrected chi connectivity index (χ4v) is 8.41. The molecule has 0 saturated heterocycles. The largest absolute Gasteiger partial charge is 0.480 e. The second kappa shape index (κ2) is 9.46. The van der Waals surface area contributed by atoms with Gasteiger partial charge in [0.25, 0.3) is 0 Å². The lowest BCUT2D eigenvalue weighted by Gasteiger charge is -2.43. The van der Waals surface area contributed by atoms with E-state index >= 15 is 4.39 Å². The predicted octanol–water partition coefficient (Wildman–Crippen LogP) is 4.25. The molecule has 2 atom stereocenters. The molecular formula is C25H27FN6O5S. The standard InChI is InChI=1S/C25H27FN6O5S/c1-24(14-38(35,27-2)25(8-4-5-9-25)22(31-24)30-23(33)34)16-10-15(6-7-17(16)26)20-11-18(32-37-20)19-12-29-21(36-3)13-28-19/h6-7,10-13H,4-5,8-9,14H2,1-3H3,(H,30,31)(H,33,34)/t24-,38?/m0/s1. The third-order valence-electron chi connectivity index (χ3n) is 7.25. The third-order valence-corrected chi connectivity index (χ3v) is 10.6. The van der Waals surface area contributed by atoms with Gasteiger partial charge in [0.1, 0.15) is 33.3 Å². The van der Waals surface area contributed by atoms with Crippen LogP contribution < -0.4 is 10.1 Å². The number of benzene rings is 1. The highest BCUT2D eigenvalue weighted by Gasteiger charge is 2.55. The van der Waals surface area contributed by atoms with Crippen LogP contribution >= 0.6 is 0 Å². The van der Waals surface area contributed by atoms with Crippen LogP contribution in [0.1, 0.15) is 38.2 Å². The molecule has 5 rings (SSSR count). The first kappa shape index (κ1) is 25.8. The summed E-state index contributed by atoms with van der Waals surface area (Å²) in [5.41, 5.74) is 0.180. The highest BCUT2D eigenvalue weighted by Crippen LogP contribution is 2.47. The zero-order valence-corrected chi connectivity index (χ0v) is 21.9. The second-order valence-corrected chi connectivity index (χ2v) is 12.3. The molecule has 38 heavy (non-hydrogen) atoms. The van der Waals surface area contributed by atoms with E-state index in [4.69, 9.17) is 14.3 Å². The predicted molar refractivity (Wildman–Crippen MR) is 138 cm³/mol. The van der Waals surface area contributed by atoms with Crippen molar-refractivity contribution in [2.24, 2.45) is 9.36 Å². The van der Waals surface area contributed by atoms with E-state index in [0.717, 1.165) is 12.8 Å². The summed E-state index contributed by atoms with van der Waals surface area (Å²) < 4.78 is 43.5. The number of ether oxygens (including phenoxy) is 1. The van der Waals surface area contributed by atoms with Crippen molar-refractivity contribution in [2.75, 3.05) is 19.9 Å². The Morgan fingerprint density at radius 2 is 1.97 bits per heavy atom. The van der Waals surface area contributed by atoms with Crippen molar-refractivity contribution < 1.29 is 27.8 Å². The number of halogens is 1. The maximum atomic E-state index is 15.4. The van der Waals surface area contributed by atoms with E-state index in [9.17, 15) is 14.1 Å². The molecule has 0 radical (unpaired) electrons. The Kier molecular flexibility index (Phi) is 6.41. The maximum absolute atomic E-state index is 15.4. The third kappa shape index (κ3) is 4.20. The van der Waals surface area contributed by atoms with Crippen molar-refractivity contribution >= 4 is 21.7 Å². The van der Waals surface area contributed by atoms with E-state index in [2.05, 4.69) is 24.8 Å². The zero-order chi connectivity index (χ0) is 27.1. The summed E-state index contributed by atoms with van der Waals surface area (Å²) in [7, 11) is -0.0523. The summed E-state index contributed by atoms with van der Waals surface area (Å²) in [5, 5.41) is 16.0. The highest BCUT2D eigenvalue weighted by atomic mass is 32.2. The van der Waals surface area contributed by atoms with Gasteiger partial charge < -0.3 is 14.4 Å². The van der Waals surface area contributed by atoms with E-state index in [0.29, 0.717) is 41.4 Å². The fraction of sp³-hybridized carbons (Fsp3) is 0.400. The molecule has 1 fully saturated rings. The van der Waals surface area contributed by atoms with E-state index < -0.39 is 31.9 Å². The van der Waals surface area contributed by atoms with Crippen LogP contribution in [-0.2, 0) is 15.3 Å². The Bertz CT molecular complexity index is 1540. The van der Waals surface area contributed by atoms with Gasteiger partial charge in [-0.1, -0.05) is 18.0 Å². The molecule has 1 aliphatic heterocycles. The van der Waals surface area contributed by atoms with E-state index in [1.165, 1.54) is 38.7 Å². The Hall–Kier alpha value is -3.87. The summed E-state index contributed by atoms with van der Waals surface area (Å²) in [5.74, 6) is 0.158. The number of carbonyl (C=O) groups is 1. The normalized spacial score (nSPS) is 24.2. The van der Waals surface area contributed by atoms with Crippen LogP contribution in [0.15, 0.2) is 50.5 Å². The molecule has 1 unspecified atom stereocenters. The highest BCUT2D eigenvalue weighted by molar-refractivity contribution is 7.95. The van der Waals surface area contributed by atoms with Gasteiger partial charge in [0.15, 0.2) is 5.76 Å². The first-order valence-electron chi connectivity index (χ1n) is 12.0. The van der Waals surface area contributed by atoms with Crippen LogP contribution in [0.5, 0.6) is 5.88 Å². The minimum absolute atomic E-state index is 0.0508. The van der Waals surface area contributed by atoms with E-state index in [1.807, 2.05) is 0 Å². The van der Waals surface area contributed by atoms with Crippen LogP contribution in [0.4, 0.5) is 9.18 Å². The maximum Gasteiger partial charge on any atom is 0.410 e. The smallest absolute Gasteiger partial charge is 0.410 e. The molecule has 1 aliphatic carbocycles. The molecule has 1 aromatic carbocycles. The molecule has 0 bridgehead atoms. The van der Waals surface area contributed by atoms with Crippen LogP contribution in [0.25, 0.3) is 22.7 Å². The average Bonchev–Trinajstić information content (AvgIpc) is 3.59. The molecule has 2 aliphatic rings. The molecule has 11 nitrogen and oxygen atoms in total. The monoisotopic (exact) mass is 542 g/mol. The first-order valence-corrected chi connectivity index (χ1v) is 13.7. The molecule has 200 valence electrons. The van der Waals surface area contributed by atoms with Crippen LogP contribution in [0.2, 0.25) is 0 Å². The minimum Gasteiger partial charge on any atom is -0.480 e. The van der Waals surface area contributed by atoms with Crippen molar-refractivity contribution in [3.05, 3.63) is 48.0 Å². The summed E-state index contributed by atoms with van der Waals surface area (Å²) in [6.45, 7) is 1.64. The van der Waals surface area contributed by atoms with Gasteiger partial charge in [-0.05, 0) is 38.0 Å². The molecule has 3 aromatic rings. The van der Waals surface area contributed by atoms with Gasteiger partial charge >= 0.3 is 6.09 Å². The Balaban J connectivity index is 1.58. The molecule has 1 amide bonds. The van der Waals surface area contributed by atoms with Crippen LogP contribution in [-0.4, -0.2) is 61.0 Å². The van der Waals surface area contributed by atoms with E-state index in [1.54, 1.807) is 19.1 Å². The number of nitrogens with zero attached hydrogens (tertiary/aromatic N) is 5. The van der Waals surface area contributed by atoms with Crippen molar-refractivity contribution in [3.8, 4) is 28.6 Å². The number of nitrogens with one attached hydrogen (secondary N) is 1. The number of rotatable bonds is 4. The summed E-state index contributed by atoms with van der Waals surface area (Å²) in [6, 6.07) is 6.02. The van der Waals surface area contributed by atoms with Gasteiger partial charge in [0, 0.05) is 24.2 Å². The van der Waals surface area contributed by atoms with Gasteiger partial charge in [0.05, 0.1) is 35.0 Å². The molecule has 1 saturated carbocycles. The SMILES string of the molecule is CN=S1(=O)C[C@@](C)(c2cc(-c3cc(-c4cnc(OC)cn4)no3)ccc2F)N=C(NC(=O)O)C12CCCC2. The molecule has 2 aromatic heterocycles. The Morgan fingerprint density at radius 3 is 2.61 bits per heavy atom.